The molecule has 2 heterocycles. The highest BCUT2D eigenvalue weighted by Crippen LogP contribution is 2.35. The van der Waals surface area contributed by atoms with Crippen molar-refractivity contribution < 1.29 is 23.1 Å². The van der Waals surface area contributed by atoms with Crippen LogP contribution in [0.15, 0.2) is 42.6 Å². The third-order valence-corrected chi connectivity index (χ3v) is 3.99. The molecule has 1 aliphatic rings. The first-order valence-corrected chi connectivity index (χ1v) is 7.16. The van der Waals surface area contributed by atoms with Gasteiger partial charge in [0, 0.05) is 12.7 Å². The number of nitrogens with one attached hydrogen (secondary N) is 1. The van der Waals surface area contributed by atoms with Crippen molar-refractivity contribution in [3.05, 3.63) is 59.4 Å². The fourth-order valence-electron chi connectivity index (χ4n) is 2.87. The molecule has 0 radical (unpaired) electrons. The van der Waals surface area contributed by atoms with Crippen molar-refractivity contribution in [2.24, 2.45) is 0 Å². The number of aromatic amines is 1. The fraction of sp³-hybridized carbons (Fsp3) is 0.312. The zero-order valence-corrected chi connectivity index (χ0v) is 12.0. The number of likely N-dealkylation sites (tertiary alicyclic amines) is 1. The van der Waals surface area contributed by atoms with Crippen LogP contribution < -0.4 is 0 Å². The summed E-state index contributed by atoms with van der Waals surface area (Å²) in [6, 6.07) is 7.59. The lowest BCUT2D eigenvalue weighted by Crippen LogP contribution is -2.32. The minimum atomic E-state index is -4.40. The molecule has 0 unspecified atom stereocenters. The van der Waals surface area contributed by atoms with Gasteiger partial charge in [-0.25, -0.2) is 0 Å². The number of β-amino-alcohol motifs (C(OH)–C–C–N with tert-alkyl or cyclic N) is 1. The molecule has 23 heavy (non-hydrogen) atoms. The molecular weight excluding hydrogens is 309 g/mol. The highest BCUT2D eigenvalue weighted by Gasteiger charge is 2.37. The Hall–Kier alpha value is -2.28. The van der Waals surface area contributed by atoms with Crippen molar-refractivity contribution in [2.45, 2.75) is 24.7 Å². The number of hydrogen-bond donors (Lipinski definition) is 2. The Balaban J connectivity index is 1.86. The number of H-pyrrole nitrogens is 1. The van der Waals surface area contributed by atoms with Crippen LogP contribution in [-0.4, -0.2) is 33.5 Å². The van der Waals surface area contributed by atoms with Crippen molar-refractivity contribution >= 4 is 5.91 Å². The summed E-state index contributed by atoms with van der Waals surface area (Å²) in [6.45, 7) is 0.156. The Kier molecular flexibility index (Phi) is 3.89. The number of hydrogen-bond acceptors (Lipinski definition) is 2. The quantitative estimate of drug-likeness (QED) is 0.892. The van der Waals surface area contributed by atoms with Gasteiger partial charge in [0.2, 0.25) is 0 Å². The zero-order valence-electron chi connectivity index (χ0n) is 12.0. The molecule has 2 aromatic rings. The van der Waals surface area contributed by atoms with Gasteiger partial charge in [0.15, 0.2) is 0 Å². The van der Waals surface area contributed by atoms with E-state index in [1.165, 1.54) is 17.0 Å². The predicted molar refractivity (Wildman–Crippen MR) is 76.6 cm³/mol. The normalized spacial score (nSPS) is 21.7. The van der Waals surface area contributed by atoms with Gasteiger partial charge in [0.05, 0.1) is 17.7 Å². The van der Waals surface area contributed by atoms with E-state index in [0.717, 1.165) is 12.1 Å². The van der Waals surface area contributed by atoms with Gasteiger partial charge in [-0.05, 0) is 36.2 Å². The molecule has 4 nitrogen and oxygen atoms in total. The number of benzene rings is 1. The van der Waals surface area contributed by atoms with E-state index in [9.17, 15) is 23.1 Å². The lowest BCUT2D eigenvalue weighted by molar-refractivity contribution is -0.137. The third kappa shape index (κ3) is 3.10. The fourth-order valence-corrected chi connectivity index (χ4v) is 2.87. The highest BCUT2D eigenvalue weighted by atomic mass is 19.4. The third-order valence-electron chi connectivity index (χ3n) is 3.99. The molecule has 122 valence electrons. The predicted octanol–water partition coefficient (Wildman–Crippen LogP) is 2.98. The SMILES string of the molecule is O=C(c1ccc[nH]1)N1C[C@@H](O)C[C@H]1c1ccc(C(F)(F)F)cc1. The van der Waals surface area contributed by atoms with Crippen LogP contribution >= 0.6 is 0 Å². The number of aromatic nitrogens is 1. The maximum Gasteiger partial charge on any atom is 0.416 e. The summed E-state index contributed by atoms with van der Waals surface area (Å²) in [7, 11) is 0. The minimum absolute atomic E-state index is 0.156. The number of aliphatic hydroxyl groups excluding tert-OH is 1. The van der Waals surface area contributed by atoms with E-state index in [1.54, 1.807) is 18.3 Å². The average Bonchev–Trinajstić information content (AvgIpc) is 3.15. The summed E-state index contributed by atoms with van der Waals surface area (Å²) in [6.07, 6.45) is -3.17. The van der Waals surface area contributed by atoms with Crippen LogP contribution in [0.2, 0.25) is 0 Å². The first-order chi connectivity index (χ1) is 10.9. The largest absolute Gasteiger partial charge is 0.416 e. The number of halogens is 3. The average molecular weight is 324 g/mol. The van der Waals surface area contributed by atoms with E-state index < -0.39 is 23.9 Å². The first-order valence-electron chi connectivity index (χ1n) is 7.16. The maximum absolute atomic E-state index is 12.6. The molecule has 1 fully saturated rings. The molecule has 0 aliphatic carbocycles. The van der Waals surface area contributed by atoms with Crippen molar-refractivity contribution in [1.82, 2.24) is 9.88 Å². The summed E-state index contributed by atoms with van der Waals surface area (Å²) in [4.78, 5) is 16.8. The van der Waals surface area contributed by atoms with Gasteiger partial charge in [-0.3, -0.25) is 4.79 Å². The van der Waals surface area contributed by atoms with Gasteiger partial charge in [0.1, 0.15) is 5.69 Å². The summed E-state index contributed by atoms with van der Waals surface area (Å²) in [5, 5.41) is 9.88. The Morgan fingerprint density at radius 3 is 2.48 bits per heavy atom. The van der Waals surface area contributed by atoms with E-state index in [-0.39, 0.29) is 12.5 Å². The molecule has 2 N–H and O–H groups in total. The molecule has 0 bridgehead atoms. The molecule has 1 aromatic heterocycles. The lowest BCUT2D eigenvalue weighted by Gasteiger charge is -2.24. The topological polar surface area (TPSA) is 56.3 Å². The number of rotatable bonds is 2. The molecule has 1 aromatic carbocycles. The second kappa shape index (κ2) is 5.73. The lowest BCUT2D eigenvalue weighted by atomic mass is 10.0. The van der Waals surface area contributed by atoms with Gasteiger partial charge >= 0.3 is 6.18 Å². The van der Waals surface area contributed by atoms with Crippen LogP contribution in [0.1, 0.15) is 34.1 Å². The zero-order chi connectivity index (χ0) is 16.6. The van der Waals surface area contributed by atoms with Crippen LogP contribution in [0, 0.1) is 0 Å². The van der Waals surface area contributed by atoms with Gasteiger partial charge in [-0.2, -0.15) is 13.2 Å². The van der Waals surface area contributed by atoms with Crippen molar-refractivity contribution in [3.8, 4) is 0 Å². The molecule has 1 amide bonds. The van der Waals surface area contributed by atoms with Crippen LogP contribution in [-0.2, 0) is 6.18 Å². The smallest absolute Gasteiger partial charge is 0.391 e. The highest BCUT2D eigenvalue weighted by molar-refractivity contribution is 5.93. The van der Waals surface area contributed by atoms with Crippen LogP contribution in [0.4, 0.5) is 13.2 Å². The number of aliphatic hydroxyl groups is 1. The number of alkyl halides is 3. The molecule has 7 heteroatoms. The Labute approximate surface area is 130 Å². The Bertz CT molecular complexity index is 680. The van der Waals surface area contributed by atoms with Gasteiger partial charge in [-0.1, -0.05) is 12.1 Å². The van der Waals surface area contributed by atoms with E-state index in [2.05, 4.69) is 4.98 Å². The van der Waals surface area contributed by atoms with Gasteiger partial charge < -0.3 is 15.0 Å². The van der Waals surface area contributed by atoms with E-state index >= 15 is 0 Å². The number of nitrogens with zero attached hydrogens (tertiary/aromatic N) is 1. The molecule has 2 atom stereocenters. The van der Waals surface area contributed by atoms with Crippen molar-refractivity contribution in [1.29, 1.82) is 0 Å². The van der Waals surface area contributed by atoms with Crippen molar-refractivity contribution in [2.75, 3.05) is 6.54 Å². The minimum Gasteiger partial charge on any atom is -0.391 e. The number of carbonyl (C=O) groups is 1. The summed E-state index contributed by atoms with van der Waals surface area (Å²) >= 11 is 0. The Morgan fingerprint density at radius 2 is 1.91 bits per heavy atom. The number of amides is 1. The monoisotopic (exact) mass is 324 g/mol. The van der Waals surface area contributed by atoms with E-state index in [4.69, 9.17) is 0 Å². The molecule has 0 saturated carbocycles. The molecule has 3 rings (SSSR count). The number of carbonyl (C=O) groups excluding carboxylic acids is 1. The summed E-state index contributed by atoms with van der Waals surface area (Å²) < 4.78 is 37.9. The molecule has 1 saturated heterocycles. The second-order valence-electron chi connectivity index (χ2n) is 5.57. The first kappa shape index (κ1) is 15.6. The summed E-state index contributed by atoms with van der Waals surface area (Å²) in [5.41, 5.74) is 0.229. The maximum atomic E-state index is 12.6. The Morgan fingerprint density at radius 1 is 1.22 bits per heavy atom. The van der Waals surface area contributed by atoms with E-state index in [1.807, 2.05) is 0 Å². The van der Waals surface area contributed by atoms with E-state index in [0.29, 0.717) is 17.7 Å². The van der Waals surface area contributed by atoms with Crippen LogP contribution in [0.3, 0.4) is 0 Å². The summed E-state index contributed by atoms with van der Waals surface area (Å²) in [5.74, 6) is -0.281. The van der Waals surface area contributed by atoms with Gasteiger partial charge in [-0.15, -0.1) is 0 Å². The molecule has 0 spiro atoms. The van der Waals surface area contributed by atoms with Crippen molar-refractivity contribution in [3.63, 3.8) is 0 Å². The van der Waals surface area contributed by atoms with Crippen LogP contribution in [0.25, 0.3) is 0 Å². The second-order valence-corrected chi connectivity index (χ2v) is 5.57. The molecular formula is C16H15F3N2O2. The molecule has 1 aliphatic heterocycles. The van der Waals surface area contributed by atoms with Crippen LogP contribution in [0.5, 0.6) is 0 Å². The standard InChI is InChI=1S/C16H15F3N2O2/c17-16(18,19)11-5-3-10(4-6-11)14-8-12(22)9-21(14)15(23)13-2-1-7-20-13/h1-7,12,14,20,22H,8-9H2/t12-,14-/m0/s1. The van der Waals surface area contributed by atoms with Gasteiger partial charge in [0.25, 0.3) is 5.91 Å².